The molecule has 1 N–H and O–H groups in total. The van der Waals surface area contributed by atoms with Crippen LogP contribution in [0.15, 0.2) is 18.2 Å². The standard InChI is InChI=1S/C17H24ClF3N2O.ClH/c1-3-4-12(2)16(23-9-7-22-8-10-23)13-5-6-15(14(18)11-13)24-17(19,20)21;/h5-6,11-12,16,22H,3-4,7-10H2,1-2H3;1H/t12?,16-;/m1./s1. The first-order valence-electron chi connectivity index (χ1n) is 8.31. The van der Waals surface area contributed by atoms with E-state index in [0.29, 0.717) is 5.92 Å². The van der Waals surface area contributed by atoms with Crippen molar-refractivity contribution in [1.82, 2.24) is 10.2 Å². The van der Waals surface area contributed by atoms with Crippen LogP contribution in [0.4, 0.5) is 13.2 Å². The van der Waals surface area contributed by atoms with Gasteiger partial charge in [-0.25, -0.2) is 0 Å². The number of rotatable bonds is 6. The van der Waals surface area contributed by atoms with Crippen LogP contribution in [0.1, 0.15) is 38.3 Å². The van der Waals surface area contributed by atoms with Gasteiger partial charge in [-0.15, -0.1) is 25.6 Å². The topological polar surface area (TPSA) is 24.5 Å². The van der Waals surface area contributed by atoms with Crippen LogP contribution in [0.2, 0.25) is 5.02 Å². The van der Waals surface area contributed by atoms with E-state index in [-0.39, 0.29) is 29.2 Å². The van der Waals surface area contributed by atoms with Crippen molar-refractivity contribution in [1.29, 1.82) is 0 Å². The molecule has 3 nitrogen and oxygen atoms in total. The van der Waals surface area contributed by atoms with E-state index in [0.717, 1.165) is 44.6 Å². The molecule has 1 saturated heterocycles. The summed E-state index contributed by atoms with van der Waals surface area (Å²) < 4.78 is 41.2. The second-order valence-electron chi connectivity index (χ2n) is 6.23. The molecule has 25 heavy (non-hydrogen) atoms. The Balaban J connectivity index is 0.00000312. The molecule has 1 fully saturated rings. The predicted molar refractivity (Wildman–Crippen MR) is 96.6 cm³/mol. The van der Waals surface area contributed by atoms with E-state index >= 15 is 0 Å². The van der Waals surface area contributed by atoms with Gasteiger partial charge in [0, 0.05) is 32.2 Å². The number of hydrogen-bond donors (Lipinski definition) is 1. The van der Waals surface area contributed by atoms with E-state index in [1.54, 1.807) is 12.1 Å². The molecule has 144 valence electrons. The minimum Gasteiger partial charge on any atom is -0.404 e. The van der Waals surface area contributed by atoms with E-state index in [9.17, 15) is 13.2 Å². The minimum absolute atomic E-state index is 0. The van der Waals surface area contributed by atoms with Crippen LogP contribution < -0.4 is 10.1 Å². The summed E-state index contributed by atoms with van der Waals surface area (Å²) in [6, 6.07) is 4.77. The molecule has 0 bridgehead atoms. The van der Waals surface area contributed by atoms with E-state index in [4.69, 9.17) is 11.6 Å². The molecule has 2 atom stereocenters. The van der Waals surface area contributed by atoms with Crippen LogP contribution in [0.3, 0.4) is 0 Å². The lowest BCUT2D eigenvalue weighted by Gasteiger charge is -2.39. The number of nitrogens with zero attached hydrogens (tertiary/aromatic N) is 1. The number of halogens is 5. The molecule has 0 amide bonds. The number of nitrogens with one attached hydrogen (secondary N) is 1. The maximum atomic E-state index is 12.4. The third-order valence-corrected chi connectivity index (χ3v) is 4.65. The van der Waals surface area contributed by atoms with Gasteiger partial charge in [0.25, 0.3) is 0 Å². The second kappa shape index (κ2) is 9.86. The van der Waals surface area contributed by atoms with Crippen molar-refractivity contribution in [3.05, 3.63) is 28.8 Å². The Hall–Kier alpha value is -0.690. The molecule has 1 aliphatic heterocycles. The summed E-state index contributed by atoms with van der Waals surface area (Å²) in [6.45, 7) is 7.98. The number of hydrogen-bond acceptors (Lipinski definition) is 3. The normalized spacial score (nSPS) is 18.3. The zero-order chi connectivity index (χ0) is 17.7. The molecule has 0 saturated carbocycles. The highest BCUT2D eigenvalue weighted by atomic mass is 35.5. The molecule has 2 rings (SSSR count). The van der Waals surface area contributed by atoms with Gasteiger partial charge in [-0.2, -0.15) is 0 Å². The van der Waals surface area contributed by atoms with Crippen molar-refractivity contribution in [2.24, 2.45) is 5.92 Å². The third kappa shape index (κ3) is 6.51. The van der Waals surface area contributed by atoms with Gasteiger partial charge in [0.2, 0.25) is 0 Å². The Morgan fingerprint density at radius 1 is 1.28 bits per heavy atom. The lowest BCUT2D eigenvalue weighted by Crippen LogP contribution is -2.46. The number of ether oxygens (including phenoxy) is 1. The van der Waals surface area contributed by atoms with E-state index in [1.807, 2.05) is 0 Å². The maximum Gasteiger partial charge on any atom is 0.573 e. The van der Waals surface area contributed by atoms with Crippen molar-refractivity contribution in [3.63, 3.8) is 0 Å². The van der Waals surface area contributed by atoms with Gasteiger partial charge in [-0.3, -0.25) is 4.90 Å². The van der Waals surface area contributed by atoms with Crippen LogP contribution in [-0.4, -0.2) is 37.4 Å². The summed E-state index contributed by atoms with van der Waals surface area (Å²) in [5.74, 6) is 0.0358. The van der Waals surface area contributed by atoms with E-state index in [2.05, 4.69) is 28.8 Å². The highest BCUT2D eigenvalue weighted by Gasteiger charge is 2.33. The molecule has 0 aromatic heterocycles. The molecule has 0 aliphatic carbocycles. The first-order valence-corrected chi connectivity index (χ1v) is 8.69. The fraction of sp³-hybridized carbons (Fsp3) is 0.647. The molecule has 0 radical (unpaired) electrons. The fourth-order valence-electron chi connectivity index (χ4n) is 3.38. The predicted octanol–water partition coefficient (Wildman–Crippen LogP) is 5.04. The fourth-order valence-corrected chi connectivity index (χ4v) is 3.61. The average Bonchev–Trinajstić information content (AvgIpc) is 2.50. The van der Waals surface area contributed by atoms with Crippen LogP contribution >= 0.6 is 24.0 Å². The maximum absolute atomic E-state index is 12.4. The zero-order valence-electron chi connectivity index (χ0n) is 14.4. The minimum atomic E-state index is -4.74. The highest BCUT2D eigenvalue weighted by molar-refractivity contribution is 6.32. The SMILES string of the molecule is CCCC(C)[C@H](c1ccc(OC(F)(F)F)c(Cl)c1)N1CCNCC1.Cl. The van der Waals surface area contributed by atoms with Crippen molar-refractivity contribution in [2.75, 3.05) is 26.2 Å². The summed E-state index contributed by atoms with van der Waals surface area (Å²) >= 11 is 6.04. The molecule has 0 spiro atoms. The molecule has 8 heteroatoms. The molecule has 1 aromatic rings. The smallest absolute Gasteiger partial charge is 0.404 e. The molecule has 1 unspecified atom stereocenters. The van der Waals surface area contributed by atoms with Crippen LogP contribution in [0, 0.1) is 5.92 Å². The Morgan fingerprint density at radius 3 is 2.44 bits per heavy atom. The largest absolute Gasteiger partial charge is 0.573 e. The Kier molecular flexibility index (Phi) is 8.81. The van der Waals surface area contributed by atoms with Gasteiger partial charge in [-0.05, 0) is 30.0 Å². The second-order valence-corrected chi connectivity index (χ2v) is 6.64. The quantitative estimate of drug-likeness (QED) is 0.723. The van der Waals surface area contributed by atoms with Gasteiger partial charge >= 0.3 is 6.36 Å². The third-order valence-electron chi connectivity index (χ3n) is 4.35. The van der Waals surface area contributed by atoms with Crippen molar-refractivity contribution < 1.29 is 17.9 Å². The lowest BCUT2D eigenvalue weighted by atomic mass is 9.89. The summed E-state index contributed by atoms with van der Waals surface area (Å²) in [4.78, 5) is 2.38. The molecule has 1 heterocycles. The number of benzene rings is 1. The van der Waals surface area contributed by atoms with Gasteiger partial charge in [0.05, 0.1) is 5.02 Å². The molecular formula is C17H25Cl2F3N2O. The van der Waals surface area contributed by atoms with E-state index in [1.165, 1.54) is 6.07 Å². The summed E-state index contributed by atoms with van der Waals surface area (Å²) in [6.07, 6.45) is -2.63. The first-order chi connectivity index (χ1) is 11.3. The average molecular weight is 401 g/mol. The molecule has 1 aromatic carbocycles. The van der Waals surface area contributed by atoms with Crippen molar-refractivity contribution in [3.8, 4) is 5.75 Å². The Morgan fingerprint density at radius 2 is 1.92 bits per heavy atom. The van der Waals surface area contributed by atoms with E-state index < -0.39 is 6.36 Å². The van der Waals surface area contributed by atoms with Crippen LogP contribution in [-0.2, 0) is 0 Å². The Labute approximate surface area is 158 Å². The van der Waals surface area contributed by atoms with Gasteiger partial charge in [-0.1, -0.05) is 37.9 Å². The van der Waals surface area contributed by atoms with Crippen LogP contribution in [0.5, 0.6) is 5.75 Å². The monoisotopic (exact) mass is 400 g/mol. The lowest BCUT2D eigenvalue weighted by molar-refractivity contribution is -0.274. The van der Waals surface area contributed by atoms with Crippen molar-refractivity contribution >= 4 is 24.0 Å². The number of piperazine rings is 1. The highest BCUT2D eigenvalue weighted by Crippen LogP contribution is 2.37. The van der Waals surface area contributed by atoms with Crippen LogP contribution in [0.25, 0.3) is 0 Å². The van der Waals surface area contributed by atoms with Gasteiger partial charge in [0.15, 0.2) is 0 Å². The summed E-state index contributed by atoms with van der Waals surface area (Å²) in [7, 11) is 0. The van der Waals surface area contributed by atoms with Gasteiger partial charge < -0.3 is 10.1 Å². The summed E-state index contributed by atoms with van der Waals surface area (Å²) in [5.41, 5.74) is 0.942. The summed E-state index contributed by atoms with van der Waals surface area (Å²) in [5, 5.41) is 3.32. The van der Waals surface area contributed by atoms with Gasteiger partial charge in [0.1, 0.15) is 5.75 Å². The molecular weight excluding hydrogens is 376 g/mol. The molecule has 1 aliphatic rings. The van der Waals surface area contributed by atoms with Crippen molar-refractivity contribution in [2.45, 2.75) is 39.1 Å². The Bertz CT molecular complexity index is 537. The first kappa shape index (κ1) is 22.4. The number of alkyl halides is 3. The zero-order valence-corrected chi connectivity index (χ0v) is 16.0.